The van der Waals surface area contributed by atoms with Gasteiger partial charge in [-0.2, -0.15) is 0 Å². The molecule has 0 bridgehead atoms. The maximum absolute atomic E-state index is 12.1. The summed E-state index contributed by atoms with van der Waals surface area (Å²) in [7, 11) is 0. The molecule has 0 aromatic carbocycles. The Kier molecular flexibility index (Phi) is 3.92. The highest BCUT2D eigenvalue weighted by Gasteiger charge is 2.60. The third-order valence-corrected chi connectivity index (χ3v) is 4.73. The summed E-state index contributed by atoms with van der Waals surface area (Å²) >= 11 is 0. The van der Waals surface area contributed by atoms with Crippen molar-refractivity contribution in [2.24, 2.45) is 22.5 Å². The van der Waals surface area contributed by atoms with Crippen molar-refractivity contribution in [2.45, 2.75) is 66.5 Å². The van der Waals surface area contributed by atoms with Gasteiger partial charge >= 0.3 is 0 Å². The zero-order valence-electron chi connectivity index (χ0n) is 12.1. The maximum atomic E-state index is 12.1. The molecule has 1 saturated carbocycles. The van der Waals surface area contributed by atoms with Crippen LogP contribution in [0.15, 0.2) is 0 Å². The van der Waals surface area contributed by atoms with Gasteiger partial charge < -0.3 is 11.1 Å². The normalized spacial score (nSPS) is 29.9. The summed E-state index contributed by atoms with van der Waals surface area (Å²) in [5.74, 6) is 0.325. The Bertz CT molecular complexity index is 277. The molecule has 0 saturated heterocycles. The molecular weight excluding hydrogens is 212 g/mol. The zero-order chi connectivity index (χ0) is 13.4. The lowest BCUT2D eigenvalue weighted by molar-refractivity contribution is -0.136. The van der Waals surface area contributed by atoms with E-state index in [2.05, 4.69) is 46.9 Å². The quantitative estimate of drug-likeness (QED) is 0.792. The number of carbonyl (C=O) groups is 1. The van der Waals surface area contributed by atoms with Gasteiger partial charge in [-0.1, -0.05) is 41.5 Å². The fourth-order valence-electron chi connectivity index (χ4n) is 3.47. The van der Waals surface area contributed by atoms with Gasteiger partial charge in [0.25, 0.3) is 0 Å². The molecule has 1 aliphatic rings. The van der Waals surface area contributed by atoms with E-state index < -0.39 is 0 Å². The maximum Gasteiger partial charge on any atom is 0.223 e. The molecule has 17 heavy (non-hydrogen) atoms. The molecule has 0 aromatic heterocycles. The first kappa shape index (κ1) is 14.5. The summed E-state index contributed by atoms with van der Waals surface area (Å²) in [5, 5.41) is 3.21. The molecule has 0 spiro atoms. The van der Waals surface area contributed by atoms with E-state index in [1.165, 1.54) is 0 Å². The monoisotopic (exact) mass is 240 g/mol. The summed E-state index contributed by atoms with van der Waals surface area (Å²) in [5.41, 5.74) is 6.17. The smallest absolute Gasteiger partial charge is 0.223 e. The van der Waals surface area contributed by atoms with Crippen LogP contribution in [0, 0.1) is 16.7 Å². The summed E-state index contributed by atoms with van der Waals surface area (Å²) in [6.45, 7) is 12.7. The van der Waals surface area contributed by atoms with E-state index in [0.29, 0.717) is 0 Å². The van der Waals surface area contributed by atoms with Gasteiger partial charge in [0.1, 0.15) is 0 Å². The highest BCUT2D eigenvalue weighted by molar-refractivity contribution is 5.79. The topological polar surface area (TPSA) is 55.1 Å². The van der Waals surface area contributed by atoms with Gasteiger partial charge in [0, 0.05) is 28.8 Å². The molecule has 3 heteroatoms. The number of carbonyl (C=O) groups excluding carboxylic acids is 1. The summed E-state index contributed by atoms with van der Waals surface area (Å²) in [6.07, 6.45) is 1.81. The van der Waals surface area contributed by atoms with Crippen molar-refractivity contribution in [1.29, 1.82) is 0 Å². The lowest BCUT2D eigenvalue weighted by Crippen LogP contribution is -2.76. The third kappa shape index (κ3) is 2.22. The second-order valence-corrected chi connectivity index (χ2v) is 6.58. The van der Waals surface area contributed by atoms with E-state index in [9.17, 15) is 4.79 Å². The number of hydrogen-bond donors (Lipinski definition) is 2. The van der Waals surface area contributed by atoms with Crippen LogP contribution in [-0.4, -0.2) is 18.0 Å². The highest BCUT2D eigenvalue weighted by atomic mass is 16.2. The number of hydrogen-bond acceptors (Lipinski definition) is 2. The van der Waals surface area contributed by atoms with E-state index in [-0.39, 0.29) is 34.7 Å². The van der Waals surface area contributed by atoms with Crippen LogP contribution in [0.1, 0.15) is 54.4 Å². The highest BCUT2D eigenvalue weighted by Crippen LogP contribution is 2.52. The van der Waals surface area contributed by atoms with Crippen molar-refractivity contribution < 1.29 is 4.79 Å². The van der Waals surface area contributed by atoms with Crippen molar-refractivity contribution in [2.75, 3.05) is 0 Å². The van der Waals surface area contributed by atoms with Gasteiger partial charge in [-0.15, -0.1) is 0 Å². The molecule has 1 rings (SSSR count). The molecule has 1 amide bonds. The van der Waals surface area contributed by atoms with E-state index in [1.807, 2.05) is 0 Å². The standard InChI is InChI=1S/C14H28N2O/c1-7-9(8-2)10(17)16-12-13(3,4)11(15)14(12,5)6/h9,11-12H,7-8,15H2,1-6H3,(H,16,17). The predicted octanol–water partition coefficient (Wildman–Crippen LogP) is 2.30. The van der Waals surface area contributed by atoms with Gasteiger partial charge in [-0.3, -0.25) is 4.79 Å². The lowest BCUT2D eigenvalue weighted by Gasteiger charge is -2.63. The fourth-order valence-corrected chi connectivity index (χ4v) is 3.47. The second-order valence-electron chi connectivity index (χ2n) is 6.58. The number of nitrogens with two attached hydrogens (primary N) is 1. The lowest BCUT2D eigenvalue weighted by atomic mass is 9.48. The van der Waals surface area contributed by atoms with Crippen molar-refractivity contribution in [3.8, 4) is 0 Å². The predicted molar refractivity (Wildman–Crippen MR) is 71.5 cm³/mol. The van der Waals surface area contributed by atoms with Crippen LogP contribution in [0.3, 0.4) is 0 Å². The van der Waals surface area contributed by atoms with Gasteiger partial charge in [0.05, 0.1) is 0 Å². The van der Waals surface area contributed by atoms with Crippen LogP contribution >= 0.6 is 0 Å². The van der Waals surface area contributed by atoms with Crippen LogP contribution in [0.4, 0.5) is 0 Å². The van der Waals surface area contributed by atoms with Crippen molar-refractivity contribution in [1.82, 2.24) is 5.32 Å². The Balaban J connectivity index is 2.72. The Labute approximate surface area is 106 Å². The Morgan fingerprint density at radius 3 is 1.94 bits per heavy atom. The SMILES string of the molecule is CCC(CC)C(=O)NC1C(C)(C)C(N)C1(C)C. The molecule has 0 radical (unpaired) electrons. The molecule has 0 aromatic rings. The fraction of sp³-hybridized carbons (Fsp3) is 0.929. The van der Waals surface area contributed by atoms with Crippen molar-refractivity contribution in [3.63, 3.8) is 0 Å². The third-order valence-electron chi connectivity index (χ3n) is 4.73. The molecule has 100 valence electrons. The minimum atomic E-state index is -0.00874. The zero-order valence-corrected chi connectivity index (χ0v) is 12.1. The van der Waals surface area contributed by atoms with E-state index in [1.54, 1.807) is 0 Å². The minimum Gasteiger partial charge on any atom is -0.352 e. The average Bonchev–Trinajstić information content (AvgIpc) is 2.26. The van der Waals surface area contributed by atoms with E-state index >= 15 is 0 Å². The van der Waals surface area contributed by atoms with Gasteiger partial charge in [0.15, 0.2) is 0 Å². The molecule has 0 unspecified atom stereocenters. The molecule has 0 atom stereocenters. The summed E-state index contributed by atoms with van der Waals surface area (Å²) < 4.78 is 0. The molecule has 3 nitrogen and oxygen atoms in total. The molecule has 0 aliphatic heterocycles. The van der Waals surface area contributed by atoms with Crippen LogP contribution in [0.5, 0.6) is 0 Å². The molecule has 1 aliphatic carbocycles. The van der Waals surface area contributed by atoms with Gasteiger partial charge in [0.2, 0.25) is 5.91 Å². The van der Waals surface area contributed by atoms with Crippen molar-refractivity contribution in [3.05, 3.63) is 0 Å². The summed E-state index contributed by atoms with van der Waals surface area (Å²) in [6, 6.07) is 0.320. The number of amides is 1. The van der Waals surface area contributed by atoms with Gasteiger partial charge in [-0.25, -0.2) is 0 Å². The van der Waals surface area contributed by atoms with Crippen LogP contribution in [0.2, 0.25) is 0 Å². The molecule has 0 heterocycles. The van der Waals surface area contributed by atoms with E-state index in [4.69, 9.17) is 5.73 Å². The van der Waals surface area contributed by atoms with Crippen LogP contribution in [0.25, 0.3) is 0 Å². The Morgan fingerprint density at radius 2 is 1.59 bits per heavy atom. The molecular formula is C14H28N2O. The average molecular weight is 240 g/mol. The first-order valence-corrected chi connectivity index (χ1v) is 6.75. The van der Waals surface area contributed by atoms with Gasteiger partial charge in [-0.05, 0) is 12.8 Å². The Hall–Kier alpha value is -0.570. The molecule has 3 N–H and O–H groups in total. The summed E-state index contributed by atoms with van der Waals surface area (Å²) in [4.78, 5) is 12.1. The molecule has 1 fully saturated rings. The van der Waals surface area contributed by atoms with E-state index in [0.717, 1.165) is 12.8 Å². The number of rotatable bonds is 4. The van der Waals surface area contributed by atoms with Crippen LogP contribution in [-0.2, 0) is 4.79 Å². The van der Waals surface area contributed by atoms with Crippen LogP contribution < -0.4 is 11.1 Å². The largest absolute Gasteiger partial charge is 0.352 e. The minimum absolute atomic E-state index is 0.00874. The second kappa shape index (κ2) is 4.60. The van der Waals surface area contributed by atoms with Crippen molar-refractivity contribution >= 4 is 5.91 Å². The Morgan fingerprint density at radius 1 is 1.18 bits per heavy atom. The first-order chi connectivity index (χ1) is 7.69. The first-order valence-electron chi connectivity index (χ1n) is 6.75. The number of nitrogens with one attached hydrogen (secondary N) is 1.